The fourth-order valence-corrected chi connectivity index (χ4v) is 7.92. The molecule has 1 saturated heterocycles. The first-order chi connectivity index (χ1) is 31.4. The van der Waals surface area contributed by atoms with E-state index >= 15 is 0 Å². The van der Waals surface area contributed by atoms with Gasteiger partial charge in [-0.15, -0.1) is 10.2 Å². The van der Waals surface area contributed by atoms with Crippen LogP contribution in [-0.2, 0) is 32.2 Å². The van der Waals surface area contributed by atoms with Crippen LogP contribution < -0.4 is 16.8 Å². The largest absolute Gasteiger partial charge is 0.507 e. The quantitative estimate of drug-likeness (QED) is 0.0958. The summed E-state index contributed by atoms with van der Waals surface area (Å²) in [7, 11) is 1.50. The number of aromatic nitrogens is 6. The van der Waals surface area contributed by atoms with Crippen LogP contribution in [0.5, 0.6) is 5.75 Å². The van der Waals surface area contributed by atoms with Crippen LogP contribution in [0.1, 0.15) is 130 Å². The van der Waals surface area contributed by atoms with Crippen molar-refractivity contribution in [2.45, 2.75) is 155 Å². The normalized spacial score (nSPS) is 18.7. The lowest BCUT2D eigenvalue weighted by Gasteiger charge is -2.36. The second-order valence-corrected chi connectivity index (χ2v) is 16.0. The summed E-state index contributed by atoms with van der Waals surface area (Å²) in [4.78, 5) is 42.8. The number of aliphatic carboxylic acids is 1. The van der Waals surface area contributed by atoms with Crippen molar-refractivity contribution >= 4 is 24.6 Å². The number of nitrogens with one attached hydrogen (secondary N) is 1. The predicted molar refractivity (Wildman–Crippen MR) is 248 cm³/mol. The molecule has 3 fully saturated rings. The van der Waals surface area contributed by atoms with E-state index in [-0.39, 0.29) is 43.2 Å². The van der Waals surface area contributed by atoms with Gasteiger partial charge in [0.15, 0.2) is 6.10 Å². The Kier molecular flexibility index (Phi) is 26.1. The highest BCUT2D eigenvalue weighted by Crippen LogP contribution is 2.33. The lowest BCUT2D eigenvalue weighted by atomic mass is 9.87. The van der Waals surface area contributed by atoms with Crippen LogP contribution in [0.4, 0.5) is 0 Å². The molecule has 0 bridgehead atoms. The number of rotatable bonds is 12. The highest BCUT2D eigenvalue weighted by atomic mass is 16.5. The molecule has 65 heavy (non-hydrogen) atoms. The number of nitrogens with zero attached hydrogens (tertiary/aromatic N) is 6. The first-order valence-corrected chi connectivity index (χ1v) is 22.7. The van der Waals surface area contributed by atoms with Crippen molar-refractivity contribution in [3.63, 3.8) is 0 Å². The average Bonchev–Trinajstić information content (AvgIpc) is 4.01. The zero-order valence-corrected chi connectivity index (χ0v) is 38.8. The van der Waals surface area contributed by atoms with Gasteiger partial charge in [0.2, 0.25) is 5.91 Å². The molecule has 4 aromatic rings. The molecule has 7 rings (SSSR count). The van der Waals surface area contributed by atoms with Crippen molar-refractivity contribution in [1.82, 2.24) is 35.3 Å². The molecule has 3 heterocycles. The summed E-state index contributed by atoms with van der Waals surface area (Å²) >= 11 is 0. The number of phenols is 1. The van der Waals surface area contributed by atoms with Gasteiger partial charge in [-0.2, -0.15) is 0 Å². The first-order valence-electron chi connectivity index (χ1n) is 22.7. The number of carboxylic acids is 1. The third kappa shape index (κ3) is 19.2. The molecule has 4 atom stereocenters. The molecule has 2 aromatic heterocycles. The van der Waals surface area contributed by atoms with Gasteiger partial charge >= 0.3 is 5.97 Å². The minimum absolute atomic E-state index is 0.00270. The summed E-state index contributed by atoms with van der Waals surface area (Å²) in [6, 6.07) is 12.8. The van der Waals surface area contributed by atoms with Gasteiger partial charge in [-0.3, -0.25) is 14.3 Å². The summed E-state index contributed by atoms with van der Waals surface area (Å²) in [5, 5.41) is 58.2. The standard InChI is InChI=1S/C27H38N4O6.C10H10N4O.C6H12O.C2H6.CH5N.CH2O/c1-16-10-20(11-17(2)25(16)33)26(34)28-13-21(32)12-24-19(8-9-23(37-24)27(35)36)14-31-15-22(29-30-31)18-6-4-3-5-7-18;11-10(15)7-14-6-9(12-13-14)8-4-2-1-3-5-8;7-6-4-2-1-3-5-6;3*1-2/h10-11,15,18-19,21,23-24,32-33H,3-9,12-14H2,1-2H3,(H,28,34)(H,35,36);1-6H,7H2,(H2,11,15);6-7H,1-5H2;1-2H3;2H2,1H3;1H2. The minimum atomic E-state index is -1.01. The Morgan fingerprint density at radius 3 is 2.00 bits per heavy atom. The van der Waals surface area contributed by atoms with Crippen LogP contribution in [0.25, 0.3) is 11.3 Å². The summed E-state index contributed by atoms with van der Waals surface area (Å²) in [5.74, 6) is -1.23. The van der Waals surface area contributed by atoms with E-state index in [0.717, 1.165) is 42.6 Å². The van der Waals surface area contributed by atoms with Gasteiger partial charge in [-0.25, -0.2) is 9.48 Å². The Labute approximate surface area is 383 Å². The number of aryl methyl sites for hydroxylation is 2. The number of aliphatic hydroxyl groups is 2. The lowest BCUT2D eigenvalue weighted by molar-refractivity contribution is -0.167. The number of carbonyl (C=O) groups excluding carboxylic acids is 3. The zero-order chi connectivity index (χ0) is 48.3. The van der Waals surface area contributed by atoms with Crippen molar-refractivity contribution in [3.05, 3.63) is 77.2 Å². The lowest BCUT2D eigenvalue weighted by Crippen LogP contribution is -2.44. The smallest absolute Gasteiger partial charge is 0.332 e. The van der Waals surface area contributed by atoms with Crippen LogP contribution in [0.3, 0.4) is 0 Å². The molecular weight excluding hydrogens is 835 g/mol. The zero-order valence-electron chi connectivity index (χ0n) is 38.8. The van der Waals surface area contributed by atoms with Crippen LogP contribution >= 0.6 is 0 Å². The van der Waals surface area contributed by atoms with Gasteiger partial charge in [0.05, 0.1) is 30.2 Å². The number of benzene rings is 2. The van der Waals surface area contributed by atoms with Crippen LogP contribution in [0.15, 0.2) is 54.9 Å². The number of primary amides is 1. The van der Waals surface area contributed by atoms with Gasteiger partial charge < -0.3 is 46.7 Å². The fraction of sp³-hybridized carbons (Fsp3) is 0.574. The summed E-state index contributed by atoms with van der Waals surface area (Å²) < 4.78 is 9.14. The van der Waals surface area contributed by atoms with Crippen molar-refractivity contribution in [2.24, 2.45) is 17.4 Å². The van der Waals surface area contributed by atoms with Gasteiger partial charge in [0.1, 0.15) is 24.8 Å². The Balaban J connectivity index is 0.000000422. The number of ether oxygens (including phenoxy) is 1. The number of phenolic OH excluding ortho intramolecular Hbond substituents is 1. The third-order valence-electron chi connectivity index (χ3n) is 11.2. The number of carboxylic acid groups (broad SMARTS) is 1. The molecule has 4 unspecified atom stereocenters. The third-order valence-corrected chi connectivity index (χ3v) is 11.2. The Hall–Kier alpha value is -5.56. The molecular formula is C47H73N9O9. The number of carbonyl (C=O) groups is 4. The fourth-order valence-electron chi connectivity index (χ4n) is 7.92. The molecule has 2 aromatic carbocycles. The predicted octanol–water partition coefficient (Wildman–Crippen LogP) is 5.24. The molecule has 2 amide bonds. The topological polar surface area (TPSA) is 284 Å². The van der Waals surface area contributed by atoms with Crippen molar-refractivity contribution < 1.29 is 44.3 Å². The summed E-state index contributed by atoms with van der Waals surface area (Å²) in [6.07, 6.45) is 14.5. The Bertz CT molecular complexity index is 1940. The SMILES string of the molecule is C=O.CC.CN.Cc1cc(C(=O)NCC(O)CC2OC(C(=O)O)CCC2Cn2cc(C3CCCCC3)nn2)cc(C)c1O.NC(=O)Cn1cc(-c2ccccc2)nn1.OC1CCCCC1. The monoisotopic (exact) mass is 908 g/mol. The van der Waals surface area contributed by atoms with E-state index in [0.29, 0.717) is 42.0 Å². The number of hydrogen-bond acceptors (Lipinski definition) is 13. The van der Waals surface area contributed by atoms with E-state index in [2.05, 4.69) is 31.7 Å². The number of hydrogen-bond donors (Lipinski definition) is 7. The number of aromatic hydroxyl groups is 1. The van der Waals surface area contributed by atoms with Crippen LogP contribution in [0, 0.1) is 19.8 Å². The number of amides is 2. The molecule has 3 aliphatic rings. The number of aliphatic hydroxyl groups excluding tert-OH is 2. The van der Waals surface area contributed by atoms with E-state index in [9.17, 15) is 29.7 Å². The second kappa shape index (κ2) is 30.6. The molecule has 18 nitrogen and oxygen atoms in total. The minimum Gasteiger partial charge on any atom is -0.507 e. The molecule has 0 spiro atoms. The molecule has 360 valence electrons. The summed E-state index contributed by atoms with van der Waals surface area (Å²) in [5.41, 5.74) is 13.9. The molecule has 9 N–H and O–H groups in total. The average molecular weight is 908 g/mol. The van der Waals surface area contributed by atoms with Gasteiger partial charge in [-0.05, 0) is 82.7 Å². The van der Waals surface area contributed by atoms with E-state index < -0.39 is 30.2 Å². The molecule has 2 aliphatic carbocycles. The van der Waals surface area contributed by atoms with Crippen molar-refractivity contribution in [1.29, 1.82) is 0 Å². The maximum Gasteiger partial charge on any atom is 0.332 e. The number of nitrogens with two attached hydrogens (primary N) is 2. The maximum atomic E-state index is 12.6. The molecule has 2 saturated carbocycles. The second-order valence-electron chi connectivity index (χ2n) is 16.0. The van der Waals surface area contributed by atoms with Crippen molar-refractivity contribution in [3.8, 4) is 17.0 Å². The van der Waals surface area contributed by atoms with Crippen molar-refractivity contribution in [2.75, 3.05) is 13.6 Å². The van der Waals surface area contributed by atoms with Gasteiger partial charge in [-0.1, -0.05) is 93.1 Å². The van der Waals surface area contributed by atoms with E-state index in [1.54, 1.807) is 32.2 Å². The Morgan fingerprint density at radius 2 is 1.45 bits per heavy atom. The first kappa shape index (κ1) is 55.6. The van der Waals surface area contributed by atoms with E-state index in [1.807, 2.05) is 61.8 Å². The van der Waals surface area contributed by atoms with Gasteiger partial charge in [0, 0.05) is 48.7 Å². The van der Waals surface area contributed by atoms with E-state index in [4.69, 9.17) is 20.4 Å². The Morgan fingerprint density at radius 1 is 0.862 bits per heavy atom. The van der Waals surface area contributed by atoms with Gasteiger partial charge in [0.25, 0.3) is 5.91 Å². The van der Waals surface area contributed by atoms with Crippen LogP contribution in [-0.4, -0.2) is 113 Å². The summed E-state index contributed by atoms with van der Waals surface area (Å²) in [6.45, 7) is 10.0. The highest BCUT2D eigenvalue weighted by Gasteiger charge is 2.36. The van der Waals surface area contributed by atoms with E-state index in [1.165, 1.54) is 50.3 Å². The van der Waals surface area contributed by atoms with Crippen LogP contribution in [0.2, 0.25) is 0 Å². The molecule has 18 heteroatoms. The molecule has 1 aliphatic heterocycles. The molecule has 0 radical (unpaired) electrons. The maximum absolute atomic E-state index is 12.6. The highest BCUT2D eigenvalue weighted by molar-refractivity contribution is 5.94.